The van der Waals surface area contributed by atoms with Crippen LogP contribution in [0.3, 0.4) is 0 Å². The second-order valence-electron chi connectivity index (χ2n) is 7.53. The molecule has 2 aliphatic heterocycles. The molecule has 2 bridgehead atoms. The van der Waals surface area contributed by atoms with Crippen LogP contribution in [0.15, 0.2) is 47.3 Å². The van der Waals surface area contributed by atoms with Crippen molar-refractivity contribution in [2.75, 3.05) is 33.4 Å². The van der Waals surface area contributed by atoms with Crippen molar-refractivity contribution in [1.29, 1.82) is 0 Å². The molecule has 3 unspecified atom stereocenters. The van der Waals surface area contributed by atoms with Crippen LogP contribution in [-0.4, -0.2) is 54.0 Å². The molecule has 27 heavy (non-hydrogen) atoms. The highest BCUT2D eigenvalue weighted by molar-refractivity contribution is 5.39. The molecule has 2 aliphatic rings. The summed E-state index contributed by atoms with van der Waals surface area (Å²) in [5.41, 5.74) is 1.23. The molecule has 0 radical (unpaired) electrons. The van der Waals surface area contributed by atoms with Gasteiger partial charge in [0, 0.05) is 43.9 Å². The van der Waals surface area contributed by atoms with Gasteiger partial charge in [0.1, 0.15) is 12.7 Å². The summed E-state index contributed by atoms with van der Waals surface area (Å²) in [5.74, 6) is 2.12. The number of benzene rings is 1. The second kappa shape index (κ2) is 7.74. The number of hydrogen-bond donors (Lipinski definition) is 1. The van der Waals surface area contributed by atoms with Gasteiger partial charge in [-0.1, -0.05) is 18.2 Å². The van der Waals surface area contributed by atoms with Gasteiger partial charge in [0.25, 0.3) is 5.56 Å². The first-order chi connectivity index (χ1) is 13.1. The van der Waals surface area contributed by atoms with Crippen molar-refractivity contribution in [3.8, 4) is 11.5 Å². The number of pyridine rings is 1. The molecule has 3 atom stereocenters. The van der Waals surface area contributed by atoms with Crippen LogP contribution in [0.4, 0.5) is 0 Å². The number of rotatable bonds is 6. The van der Waals surface area contributed by atoms with E-state index in [9.17, 15) is 9.90 Å². The number of aromatic nitrogens is 1. The molecule has 0 amide bonds. The highest BCUT2D eigenvalue weighted by Gasteiger charge is 2.34. The Balaban J connectivity index is 1.36. The fourth-order valence-corrected chi connectivity index (χ4v) is 4.42. The van der Waals surface area contributed by atoms with Crippen molar-refractivity contribution < 1.29 is 14.6 Å². The number of aliphatic hydroxyl groups is 1. The van der Waals surface area contributed by atoms with Crippen molar-refractivity contribution in [2.24, 2.45) is 5.92 Å². The summed E-state index contributed by atoms with van der Waals surface area (Å²) in [6.07, 6.45) is 0.542. The number of nitrogens with zero attached hydrogens (tertiary/aromatic N) is 2. The third kappa shape index (κ3) is 3.87. The third-order valence-corrected chi connectivity index (χ3v) is 5.52. The molecule has 4 rings (SSSR count). The first kappa shape index (κ1) is 18.1. The Kier molecular flexibility index (Phi) is 5.18. The Labute approximate surface area is 158 Å². The van der Waals surface area contributed by atoms with E-state index in [2.05, 4.69) is 11.0 Å². The summed E-state index contributed by atoms with van der Waals surface area (Å²) in [6, 6.07) is 13.0. The minimum atomic E-state index is -0.577. The van der Waals surface area contributed by atoms with E-state index >= 15 is 0 Å². The first-order valence-electron chi connectivity index (χ1n) is 9.50. The molecule has 0 spiro atoms. The Hall–Kier alpha value is -2.31. The number of likely N-dealkylation sites (tertiary alicyclic amines) is 1. The zero-order valence-corrected chi connectivity index (χ0v) is 15.6. The Morgan fingerprint density at radius 3 is 2.74 bits per heavy atom. The van der Waals surface area contributed by atoms with Crippen LogP contribution in [-0.2, 0) is 6.54 Å². The topological polar surface area (TPSA) is 63.9 Å². The summed E-state index contributed by atoms with van der Waals surface area (Å²) in [7, 11) is 1.61. The number of aliphatic hydroxyl groups excluding tert-OH is 1. The number of fused-ring (bicyclic) bond motifs is 4. The zero-order valence-electron chi connectivity index (χ0n) is 15.6. The highest BCUT2D eigenvalue weighted by Crippen LogP contribution is 2.35. The lowest BCUT2D eigenvalue weighted by Crippen LogP contribution is -2.49. The predicted molar refractivity (Wildman–Crippen MR) is 102 cm³/mol. The van der Waals surface area contributed by atoms with Crippen molar-refractivity contribution in [1.82, 2.24) is 9.47 Å². The van der Waals surface area contributed by atoms with E-state index in [-0.39, 0.29) is 12.2 Å². The quantitative estimate of drug-likeness (QED) is 0.839. The molecular weight excluding hydrogens is 344 g/mol. The fourth-order valence-electron chi connectivity index (χ4n) is 4.42. The van der Waals surface area contributed by atoms with Gasteiger partial charge in [0.15, 0.2) is 11.5 Å². The first-order valence-corrected chi connectivity index (χ1v) is 9.50. The van der Waals surface area contributed by atoms with E-state index in [0.29, 0.717) is 29.9 Å². The number of piperidine rings is 1. The zero-order chi connectivity index (χ0) is 18.8. The maximum Gasteiger partial charge on any atom is 0.250 e. The average Bonchev–Trinajstić information content (AvgIpc) is 2.67. The van der Waals surface area contributed by atoms with Crippen LogP contribution in [0.2, 0.25) is 0 Å². The van der Waals surface area contributed by atoms with Crippen LogP contribution in [0.1, 0.15) is 18.0 Å². The van der Waals surface area contributed by atoms with Crippen LogP contribution in [0.5, 0.6) is 11.5 Å². The molecule has 1 aromatic heterocycles. The van der Waals surface area contributed by atoms with Gasteiger partial charge in [-0.05, 0) is 30.5 Å². The number of hydrogen-bond acceptors (Lipinski definition) is 5. The van der Waals surface area contributed by atoms with Gasteiger partial charge < -0.3 is 19.1 Å². The number of para-hydroxylation sites is 2. The minimum Gasteiger partial charge on any atom is -0.493 e. The SMILES string of the molecule is COc1ccccc1OCC(O)CN1CC2CC(C1)c1cccc(=O)n1C2. The van der Waals surface area contributed by atoms with Crippen molar-refractivity contribution >= 4 is 0 Å². The summed E-state index contributed by atoms with van der Waals surface area (Å²) in [4.78, 5) is 14.4. The third-order valence-electron chi connectivity index (χ3n) is 5.52. The lowest BCUT2D eigenvalue weighted by atomic mass is 9.83. The van der Waals surface area contributed by atoms with Gasteiger partial charge in [-0.15, -0.1) is 0 Å². The molecule has 1 saturated heterocycles. The van der Waals surface area contributed by atoms with E-state index in [1.54, 1.807) is 13.2 Å². The summed E-state index contributed by atoms with van der Waals surface area (Å²) >= 11 is 0. The average molecular weight is 370 g/mol. The minimum absolute atomic E-state index is 0.0980. The highest BCUT2D eigenvalue weighted by atomic mass is 16.5. The fraction of sp³-hybridized carbons (Fsp3) is 0.476. The van der Waals surface area contributed by atoms with Gasteiger partial charge >= 0.3 is 0 Å². The second-order valence-corrected chi connectivity index (χ2v) is 7.53. The van der Waals surface area contributed by atoms with E-state index in [1.807, 2.05) is 34.9 Å². The monoisotopic (exact) mass is 370 g/mol. The lowest BCUT2D eigenvalue weighted by molar-refractivity contribution is 0.0379. The molecule has 6 nitrogen and oxygen atoms in total. The summed E-state index contributed by atoms with van der Waals surface area (Å²) in [6.45, 7) is 3.34. The Morgan fingerprint density at radius 1 is 1.11 bits per heavy atom. The molecule has 1 fully saturated rings. The lowest BCUT2D eigenvalue weighted by Gasteiger charge is -2.43. The van der Waals surface area contributed by atoms with Gasteiger partial charge in [-0.2, -0.15) is 0 Å². The number of methoxy groups -OCH3 is 1. The van der Waals surface area contributed by atoms with Crippen LogP contribution in [0, 0.1) is 5.92 Å². The Morgan fingerprint density at radius 2 is 1.93 bits per heavy atom. The number of β-amino-alcohol motifs (C(OH)–C–C–N with tert-alkyl or cyclic N) is 1. The van der Waals surface area contributed by atoms with Crippen molar-refractivity contribution in [3.63, 3.8) is 0 Å². The Bertz CT molecular complexity index is 850. The standard InChI is InChI=1S/C21H26N2O4/c1-26-19-6-2-3-7-20(19)27-14-17(24)13-22-10-15-9-16(12-22)18-5-4-8-21(25)23(18)11-15/h2-8,15-17,24H,9-14H2,1H3. The van der Waals surface area contributed by atoms with Gasteiger partial charge in [-0.25, -0.2) is 0 Å². The number of ether oxygens (including phenoxy) is 2. The van der Waals surface area contributed by atoms with Crippen LogP contribution < -0.4 is 15.0 Å². The van der Waals surface area contributed by atoms with Crippen LogP contribution >= 0.6 is 0 Å². The maximum absolute atomic E-state index is 12.1. The van der Waals surface area contributed by atoms with Gasteiger partial charge in [0.05, 0.1) is 7.11 Å². The molecular formula is C21H26N2O4. The normalized spacial score (nSPS) is 22.7. The van der Waals surface area contributed by atoms with Crippen molar-refractivity contribution in [3.05, 3.63) is 58.5 Å². The molecule has 0 saturated carbocycles. The van der Waals surface area contributed by atoms with E-state index in [4.69, 9.17) is 9.47 Å². The van der Waals surface area contributed by atoms with Gasteiger partial charge in [-0.3, -0.25) is 9.69 Å². The van der Waals surface area contributed by atoms with Crippen molar-refractivity contribution in [2.45, 2.75) is 25.0 Å². The van der Waals surface area contributed by atoms with E-state index < -0.39 is 6.10 Å². The summed E-state index contributed by atoms with van der Waals surface area (Å²) in [5, 5.41) is 10.5. The summed E-state index contributed by atoms with van der Waals surface area (Å²) < 4.78 is 13.0. The predicted octanol–water partition coefficient (Wildman–Crippen LogP) is 1.72. The van der Waals surface area contributed by atoms with E-state index in [1.165, 1.54) is 0 Å². The molecule has 1 aromatic carbocycles. The maximum atomic E-state index is 12.1. The largest absolute Gasteiger partial charge is 0.493 e. The molecule has 6 heteroatoms. The molecule has 0 aliphatic carbocycles. The molecule has 2 aromatic rings. The van der Waals surface area contributed by atoms with E-state index in [0.717, 1.165) is 31.7 Å². The van der Waals surface area contributed by atoms with Gasteiger partial charge in [0.2, 0.25) is 0 Å². The molecule has 1 N–H and O–H groups in total. The van der Waals surface area contributed by atoms with Crippen LogP contribution in [0.25, 0.3) is 0 Å². The molecule has 3 heterocycles. The smallest absolute Gasteiger partial charge is 0.250 e. The molecule has 144 valence electrons.